The molecule has 0 radical (unpaired) electrons. The highest BCUT2D eigenvalue weighted by atomic mass is 32.3. The molecule has 0 bridgehead atoms. The van der Waals surface area contributed by atoms with Gasteiger partial charge in [-0.2, -0.15) is 8.42 Å². The average molecular weight is 197 g/mol. The van der Waals surface area contributed by atoms with E-state index in [-0.39, 0.29) is 0 Å². The quantitative estimate of drug-likeness (QED) is 0.389. The van der Waals surface area contributed by atoms with Crippen LogP contribution in [0.2, 0.25) is 0 Å². The van der Waals surface area contributed by atoms with Gasteiger partial charge in [0, 0.05) is 6.20 Å². The average Bonchev–Trinajstić information content (AvgIpc) is 1.88. The lowest BCUT2D eigenvalue weighted by molar-refractivity contribution is 0.381. The molecule has 0 aromatic heterocycles. The molecule has 0 atom stereocenters. The van der Waals surface area contributed by atoms with Crippen molar-refractivity contribution in [2.24, 2.45) is 0 Å². The summed E-state index contributed by atoms with van der Waals surface area (Å²) in [5.41, 5.74) is 0. The van der Waals surface area contributed by atoms with Crippen LogP contribution >= 0.6 is 11.9 Å². The van der Waals surface area contributed by atoms with Crippen molar-refractivity contribution in [1.29, 1.82) is 0 Å². The van der Waals surface area contributed by atoms with Crippen LogP contribution in [0.3, 0.4) is 0 Å². The van der Waals surface area contributed by atoms with Crippen LogP contribution in [0.25, 0.3) is 0 Å². The van der Waals surface area contributed by atoms with Gasteiger partial charge in [0.15, 0.2) is 0 Å². The van der Waals surface area contributed by atoms with E-state index in [1.165, 1.54) is 0 Å². The van der Waals surface area contributed by atoms with Crippen LogP contribution in [-0.2, 0) is 10.4 Å². The van der Waals surface area contributed by atoms with Gasteiger partial charge < -0.3 is 4.72 Å². The number of rotatable bonds is 0. The van der Waals surface area contributed by atoms with Crippen LogP contribution in [-0.4, -0.2) is 17.5 Å². The first-order valence-electron chi connectivity index (χ1n) is 2.43. The van der Waals surface area contributed by atoms with Gasteiger partial charge >= 0.3 is 10.4 Å². The van der Waals surface area contributed by atoms with E-state index in [1.807, 2.05) is 23.8 Å². The Bertz CT molecular complexity index is 223. The SMILES string of the molecule is C1=CNSC=C1.O=S(=O)(O)O. The molecule has 1 aliphatic heterocycles. The van der Waals surface area contributed by atoms with Gasteiger partial charge in [0.25, 0.3) is 0 Å². The smallest absolute Gasteiger partial charge is 0.333 e. The van der Waals surface area contributed by atoms with Crippen LogP contribution < -0.4 is 4.72 Å². The van der Waals surface area contributed by atoms with Crippen molar-refractivity contribution in [3.05, 3.63) is 23.8 Å². The lowest BCUT2D eigenvalue weighted by atomic mass is 10.6. The number of hydrogen-bond donors (Lipinski definition) is 3. The molecule has 0 aromatic carbocycles. The maximum atomic E-state index is 8.74. The monoisotopic (exact) mass is 197 g/mol. The molecule has 1 aliphatic rings. The highest BCUT2D eigenvalue weighted by Crippen LogP contribution is 1.98. The van der Waals surface area contributed by atoms with Crippen molar-refractivity contribution in [3.8, 4) is 0 Å². The fraction of sp³-hybridized carbons (Fsp3) is 0. The lowest BCUT2D eigenvalue weighted by Crippen LogP contribution is -1.89. The Morgan fingerprint density at radius 1 is 1.27 bits per heavy atom. The van der Waals surface area contributed by atoms with Gasteiger partial charge in [0.2, 0.25) is 0 Å². The van der Waals surface area contributed by atoms with E-state index < -0.39 is 10.4 Å². The lowest BCUT2D eigenvalue weighted by Gasteiger charge is -1.93. The van der Waals surface area contributed by atoms with Gasteiger partial charge in [-0.25, -0.2) is 0 Å². The second-order valence-corrected chi connectivity index (χ2v) is 3.01. The molecule has 0 unspecified atom stereocenters. The van der Waals surface area contributed by atoms with Crippen molar-refractivity contribution in [1.82, 2.24) is 4.72 Å². The van der Waals surface area contributed by atoms with E-state index >= 15 is 0 Å². The molecule has 1 heterocycles. The molecule has 7 heteroatoms. The van der Waals surface area contributed by atoms with Crippen molar-refractivity contribution in [2.45, 2.75) is 0 Å². The zero-order chi connectivity index (χ0) is 8.74. The van der Waals surface area contributed by atoms with E-state index in [4.69, 9.17) is 17.5 Å². The highest BCUT2D eigenvalue weighted by molar-refractivity contribution is 8.00. The van der Waals surface area contributed by atoms with Crippen molar-refractivity contribution in [3.63, 3.8) is 0 Å². The van der Waals surface area contributed by atoms with Gasteiger partial charge in [0.1, 0.15) is 0 Å². The summed E-state index contributed by atoms with van der Waals surface area (Å²) in [6.07, 6.45) is 5.84. The molecule has 11 heavy (non-hydrogen) atoms. The van der Waals surface area contributed by atoms with Gasteiger partial charge in [-0.15, -0.1) is 0 Å². The fourth-order valence-corrected chi connectivity index (χ4v) is 0.663. The first-order chi connectivity index (χ1) is 5.00. The van der Waals surface area contributed by atoms with Crippen molar-refractivity contribution < 1.29 is 17.5 Å². The Morgan fingerprint density at radius 3 is 1.91 bits per heavy atom. The van der Waals surface area contributed by atoms with Gasteiger partial charge in [-0.05, 0) is 23.4 Å². The highest BCUT2D eigenvalue weighted by Gasteiger charge is 1.84. The van der Waals surface area contributed by atoms with Gasteiger partial charge in [-0.1, -0.05) is 6.08 Å². The molecule has 0 aromatic rings. The van der Waals surface area contributed by atoms with E-state index in [0.29, 0.717) is 0 Å². The summed E-state index contributed by atoms with van der Waals surface area (Å²) in [5, 5.41) is 1.99. The second kappa shape index (κ2) is 5.19. The van der Waals surface area contributed by atoms with E-state index in [1.54, 1.807) is 11.9 Å². The minimum Gasteiger partial charge on any atom is -0.333 e. The van der Waals surface area contributed by atoms with Crippen molar-refractivity contribution in [2.75, 3.05) is 0 Å². The third-order valence-electron chi connectivity index (χ3n) is 0.490. The summed E-state index contributed by atoms with van der Waals surface area (Å²) >= 11 is 1.58. The molecule has 3 N–H and O–H groups in total. The zero-order valence-electron chi connectivity index (χ0n) is 5.34. The Hall–Kier alpha value is -0.500. The van der Waals surface area contributed by atoms with E-state index in [0.717, 1.165) is 0 Å². The summed E-state index contributed by atoms with van der Waals surface area (Å²) in [4.78, 5) is 0. The van der Waals surface area contributed by atoms with Crippen LogP contribution in [0.4, 0.5) is 0 Å². The molecule has 0 spiro atoms. The zero-order valence-corrected chi connectivity index (χ0v) is 6.97. The van der Waals surface area contributed by atoms with Crippen LogP contribution in [0.1, 0.15) is 0 Å². The number of nitrogens with one attached hydrogen (secondary N) is 1. The van der Waals surface area contributed by atoms with Crippen LogP contribution in [0.15, 0.2) is 23.8 Å². The normalized spacial score (nSPS) is 14.7. The predicted octanol–water partition coefficient (Wildman–Crippen LogP) is 0.612. The van der Waals surface area contributed by atoms with E-state index in [9.17, 15) is 0 Å². The minimum atomic E-state index is -4.67. The predicted molar refractivity (Wildman–Crippen MR) is 43.2 cm³/mol. The molecule has 0 saturated heterocycles. The summed E-state index contributed by atoms with van der Waals surface area (Å²) in [6.45, 7) is 0. The summed E-state index contributed by atoms with van der Waals surface area (Å²) < 4.78 is 34.5. The minimum absolute atomic E-state index is 1.58. The fourth-order valence-electron chi connectivity index (χ4n) is 0.258. The molecular formula is C4H7NO4S2. The van der Waals surface area contributed by atoms with Crippen LogP contribution in [0, 0.1) is 0 Å². The second-order valence-electron chi connectivity index (χ2n) is 1.37. The third-order valence-corrected chi connectivity index (χ3v) is 1.06. The van der Waals surface area contributed by atoms with Gasteiger partial charge in [0.05, 0.1) is 0 Å². The molecule has 0 saturated carbocycles. The molecule has 5 nitrogen and oxygen atoms in total. The Balaban J connectivity index is 0.000000187. The molecular weight excluding hydrogens is 190 g/mol. The van der Waals surface area contributed by atoms with Gasteiger partial charge in [-0.3, -0.25) is 9.11 Å². The Labute approximate surface area is 68.9 Å². The largest absolute Gasteiger partial charge is 0.394 e. The first-order valence-corrected chi connectivity index (χ1v) is 4.70. The van der Waals surface area contributed by atoms with Crippen molar-refractivity contribution >= 4 is 22.3 Å². The summed E-state index contributed by atoms with van der Waals surface area (Å²) in [6, 6.07) is 0. The topological polar surface area (TPSA) is 86.6 Å². The Morgan fingerprint density at radius 2 is 1.82 bits per heavy atom. The third kappa shape index (κ3) is 17.7. The first kappa shape index (κ1) is 10.5. The summed E-state index contributed by atoms with van der Waals surface area (Å²) in [7, 11) is -4.67. The standard InChI is InChI=1S/C4H5NS.H2O4S/c1-2-4-6-5-3-1;1-5(2,3)4/h1-5H;(H2,1,2,3,4). The molecule has 64 valence electrons. The number of hydrogen-bond acceptors (Lipinski definition) is 4. The maximum absolute atomic E-state index is 8.74. The molecule has 1 rings (SSSR count). The summed E-state index contributed by atoms with van der Waals surface area (Å²) in [5.74, 6) is 0. The maximum Gasteiger partial charge on any atom is 0.394 e. The van der Waals surface area contributed by atoms with E-state index in [2.05, 4.69) is 4.72 Å². The Kier molecular flexibility index (Phi) is 4.95. The number of allylic oxidation sites excluding steroid dienone is 2. The molecule has 0 amide bonds. The molecule has 0 aliphatic carbocycles. The molecule has 0 fully saturated rings. The van der Waals surface area contributed by atoms with Crippen LogP contribution in [0.5, 0.6) is 0 Å².